The first-order valence-electron chi connectivity index (χ1n) is 7.36. The van der Waals surface area contributed by atoms with Crippen molar-refractivity contribution in [2.45, 2.75) is 71.1 Å². The van der Waals surface area contributed by atoms with Crippen molar-refractivity contribution in [2.75, 3.05) is 19.7 Å². The Labute approximate surface area is 107 Å². The molecule has 0 aliphatic rings. The van der Waals surface area contributed by atoms with Crippen LogP contribution in [-0.4, -0.2) is 35.1 Å². The highest BCUT2D eigenvalue weighted by atomic mass is 16.5. The van der Waals surface area contributed by atoms with Crippen LogP contribution in [0.25, 0.3) is 0 Å². The fraction of sp³-hybridized carbons (Fsp3) is 1.00. The summed E-state index contributed by atoms with van der Waals surface area (Å²) in [6, 6.07) is 0. The molecule has 0 aliphatic carbocycles. The lowest BCUT2D eigenvalue weighted by atomic mass is 10.1. The molecule has 0 aromatic heterocycles. The normalized spacial score (nSPS) is 11.3. The van der Waals surface area contributed by atoms with Gasteiger partial charge in [-0.25, -0.2) is 0 Å². The van der Waals surface area contributed by atoms with Crippen LogP contribution in [0.3, 0.4) is 0 Å². The quantitative estimate of drug-likeness (QED) is 0.385. The van der Waals surface area contributed by atoms with Gasteiger partial charge in [0.15, 0.2) is 0 Å². The highest BCUT2D eigenvalue weighted by Crippen LogP contribution is 2.10. The van der Waals surface area contributed by atoms with Gasteiger partial charge in [-0.15, -0.1) is 0 Å². The van der Waals surface area contributed by atoms with E-state index in [0.717, 1.165) is 6.42 Å². The molecule has 2 N–H and O–H groups in total. The maximum Gasteiger partial charge on any atom is 0.0581 e. The summed E-state index contributed by atoms with van der Waals surface area (Å²) in [6.07, 6.45) is 13.1. The van der Waals surface area contributed by atoms with E-state index in [1.165, 1.54) is 62.9 Å². The van der Waals surface area contributed by atoms with E-state index in [-0.39, 0.29) is 6.61 Å². The monoisotopic (exact) mass is 245 g/mol. The maximum atomic E-state index is 9.25. The smallest absolute Gasteiger partial charge is 0.0581 e. The van der Waals surface area contributed by atoms with Crippen molar-refractivity contribution in [3.8, 4) is 0 Å². The minimum Gasteiger partial charge on any atom is -0.395 e. The van der Waals surface area contributed by atoms with Crippen LogP contribution in [0.2, 0.25) is 0 Å². The van der Waals surface area contributed by atoms with Crippen LogP contribution >= 0.6 is 0 Å². The largest absolute Gasteiger partial charge is 0.395 e. The Balaban J connectivity index is 2.98. The number of nitrogens with zero attached hydrogens (tertiary/aromatic N) is 1. The second kappa shape index (κ2) is 13.9. The molecule has 0 spiro atoms. The number of aliphatic hydroxyl groups excluding tert-OH is 1. The average molecular weight is 245 g/mol. The molecule has 0 atom stereocenters. The lowest BCUT2D eigenvalue weighted by Crippen LogP contribution is -2.23. The van der Waals surface area contributed by atoms with Gasteiger partial charge in [-0.05, 0) is 6.42 Å². The van der Waals surface area contributed by atoms with Crippen molar-refractivity contribution in [2.24, 2.45) is 0 Å². The Morgan fingerprint density at radius 2 is 1.18 bits per heavy atom. The third kappa shape index (κ3) is 13.8. The number of hydrogen-bond acceptors (Lipinski definition) is 3. The fourth-order valence-electron chi connectivity index (χ4n) is 2.01. The number of unbranched alkanes of at least 4 members (excludes halogenated alkanes) is 9. The van der Waals surface area contributed by atoms with Gasteiger partial charge in [-0.1, -0.05) is 64.7 Å². The molecular formula is C14H31NO2. The van der Waals surface area contributed by atoms with Crippen molar-refractivity contribution in [1.82, 2.24) is 5.06 Å². The summed E-state index contributed by atoms with van der Waals surface area (Å²) < 4.78 is 0. The molecule has 0 unspecified atom stereocenters. The van der Waals surface area contributed by atoms with Crippen LogP contribution in [-0.2, 0) is 0 Å². The van der Waals surface area contributed by atoms with Crippen molar-refractivity contribution < 1.29 is 10.3 Å². The summed E-state index contributed by atoms with van der Waals surface area (Å²) in [5, 5.41) is 19.1. The van der Waals surface area contributed by atoms with E-state index in [4.69, 9.17) is 5.11 Å². The Morgan fingerprint density at radius 1 is 0.706 bits per heavy atom. The van der Waals surface area contributed by atoms with Gasteiger partial charge in [0.2, 0.25) is 0 Å². The Kier molecular flexibility index (Phi) is 13.8. The predicted molar refractivity (Wildman–Crippen MR) is 72.3 cm³/mol. The van der Waals surface area contributed by atoms with Crippen molar-refractivity contribution in [3.05, 3.63) is 0 Å². The Hall–Kier alpha value is -0.120. The van der Waals surface area contributed by atoms with Crippen molar-refractivity contribution >= 4 is 0 Å². The highest BCUT2D eigenvalue weighted by molar-refractivity contribution is 4.49. The number of rotatable bonds is 13. The summed E-state index contributed by atoms with van der Waals surface area (Å²) in [5.41, 5.74) is 0. The molecule has 104 valence electrons. The highest BCUT2D eigenvalue weighted by Gasteiger charge is 1.98. The van der Waals surface area contributed by atoms with E-state index < -0.39 is 0 Å². The predicted octanol–water partition coefficient (Wildman–Crippen LogP) is 3.59. The molecule has 3 nitrogen and oxygen atoms in total. The molecule has 0 aromatic rings. The topological polar surface area (TPSA) is 43.7 Å². The average Bonchev–Trinajstić information content (AvgIpc) is 2.32. The Bertz CT molecular complexity index is 142. The van der Waals surface area contributed by atoms with Gasteiger partial charge >= 0.3 is 0 Å². The molecule has 0 radical (unpaired) electrons. The van der Waals surface area contributed by atoms with Gasteiger partial charge in [0, 0.05) is 13.1 Å². The lowest BCUT2D eigenvalue weighted by molar-refractivity contribution is -0.0991. The maximum absolute atomic E-state index is 9.25. The van der Waals surface area contributed by atoms with Crippen LogP contribution in [0.5, 0.6) is 0 Å². The SMILES string of the molecule is CCCCCCCCCCCCN(O)CCO. The minimum atomic E-state index is 0.0360. The molecule has 0 saturated heterocycles. The van der Waals surface area contributed by atoms with Crippen LogP contribution in [0.1, 0.15) is 71.1 Å². The zero-order chi connectivity index (χ0) is 12.8. The van der Waals surface area contributed by atoms with E-state index in [9.17, 15) is 5.21 Å². The van der Waals surface area contributed by atoms with E-state index >= 15 is 0 Å². The summed E-state index contributed by atoms with van der Waals surface area (Å²) >= 11 is 0. The molecule has 17 heavy (non-hydrogen) atoms. The summed E-state index contributed by atoms with van der Waals surface area (Å²) in [7, 11) is 0. The Morgan fingerprint density at radius 3 is 1.65 bits per heavy atom. The summed E-state index contributed by atoms with van der Waals surface area (Å²) in [4.78, 5) is 0. The first-order valence-corrected chi connectivity index (χ1v) is 7.36. The van der Waals surface area contributed by atoms with E-state index in [1.807, 2.05) is 0 Å². The first-order chi connectivity index (χ1) is 8.31. The molecule has 3 heteroatoms. The third-order valence-electron chi connectivity index (χ3n) is 3.13. The van der Waals surface area contributed by atoms with Gasteiger partial charge in [0.25, 0.3) is 0 Å². The van der Waals surface area contributed by atoms with Crippen molar-refractivity contribution in [1.29, 1.82) is 0 Å². The van der Waals surface area contributed by atoms with Crippen LogP contribution in [0.4, 0.5) is 0 Å². The van der Waals surface area contributed by atoms with Crippen molar-refractivity contribution in [3.63, 3.8) is 0 Å². The minimum absolute atomic E-state index is 0.0360. The summed E-state index contributed by atoms with van der Waals surface area (Å²) in [6.45, 7) is 3.35. The second-order valence-corrected chi connectivity index (χ2v) is 4.86. The molecule has 0 bridgehead atoms. The molecule has 0 aromatic carbocycles. The zero-order valence-electron chi connectivity index (χ0n) is 11.5. The zero-order valence-corrected chi connectivity index (χ0v) is 11.5. The van der Waals surface area contributed by atoms with Gasteiger partial charge in [-0.2, -0.15) is 5.06 Å². The second-order valence-electron chi connectivity index (χ2n) is 4.86. The standard InChI is InChI=1S/C14H31NO2/c1-2-3-4-5-6-7-8-9-10-11-12-15(17)13-14-16/h16-17H,2-14H2,1H3. The van der Waals surface area contributed by atoms with E-state index in [0.29, 0.717) is 13.1 Å². The molecule has 0 heterocycles. The molecule has 0 rings (SSSR count). The lowest BCUT2D eigenvalue weighted by Gasteiger charge is -2.12. The van der Waals surface area contributed by atoms with Crippen LogP contribution < -0.4 is 0 Å². The first kappa shape index (κ1) is 16.9. The molecular weight excluding hydrogens is 214 g/mol. The molecule has 0 amide bonds. The summed E-state index contributed by atoms with van der Waals surface area (Å²) in [5.74, 6) is 0. The van der Waals surface area contributed by atoms with E-state index in [2.05, 4.69) is 6.92 Å². The molecule has 0 fully saturated rings. The van der Waals surface area contributed by atoms with Gasteiger partial charge < -0.3 is 10.3 Å². The number of hydrogen-bond donors (Lipinski definition) is 2. The van der Waals surface area contributed by atoms with Crippen LogP contribution in [0, 0.1) is 0 Å². The van der Waals surface area contributed by atoms with Gasteiger partial charge in [-0.3, -0.25) is 0 Å². The molecule has 0 saturated carbocycles. The van der Waals surface area contributed by atoms with Crippen LogP contribution in [0.15, 0.2) is 0 Å². The third-order valence-corrected chi connectivity index (χ3v) is 3.13. The fourth-order valence-corrected chi connectivity index (χ4v) is 2.01. The molecule has 0 aliphatic heterocycles. The van der Waals surface area contributed by atoms with Gasteiger partial charge in [0.1, 0.15) is 0 Å². The van der Waals surface area contributed by atoms with E-state index in [1.54, 1.807) is 0 Å². The number of hydroxylamine groups is 2. The number of aliphatic hydroxyl groups is 1. The van der Waals surface area contributed by atoms with Gasteiger partial charge in [0.05, 0.1) is 6.61 Å².